The molecule has 4 nitrogen and oxygen atoms in total. The van der Waals surface area contributed by atoms with E-state index in [9.17, 15) is 14.9 Å². The van der Waals surface area contributed by atoms with Gasteiger partial charge in [0.25, 0.3) is 0 Å². The first-order valence-corrected chi connectivity index (χ1v) is 10.6. The first kappa shape index (κ1) is 20.9. The van der Waals surface area contributed by atoms with Crippen LogP contribution in [0, 0.1) is 17.2 Å². The Morgan fingerprint density at radius 1 is 1.32 bits per heavy atom. The van der Waals surface area contributed by atoms with E-state index < -0.39 is 11.0 Å². The van der Waals surface area contributed by atoms with Gasteiger partial charge in [-0.2, -0.15) is 5.26 Å². The number of hydrogen-bond donors (Lipinski definition) is 0. The predicted octanol–water partition coefficient (Wildman–Crippen LogP) is 5.30. The molecule has 1 heterocycles. The summed E-state index contributed by atoms with van der Waals surface area (Å²) in [5.41, 5.74) is 0.606. The van der Waals surface area contributed by atoms with Gasteiger partial charge in [0.2, 0.25) is 0 Å². The Labute approximate surface area is 172 Å². The lowest BCUT2D eigenvalue weighted by Crippen LogP contribution is -2.48. The number of esters is 1. The number of benzene rings is 1. The summed E-state index contributed by atoms with van der Waals surface area (Å²) in [5, 5.41) is 10.1. The van der Waals surface area contributed by atoms with Gasteiger partial charge >= 0.3 is 5.97 Å². The molecule has 1 aromatic carbocycles. The van der Waals surface area contributed by atoms with Crippen molar-refractivity contribution in [2.75, 3.05) is 0 Å². The Bertz CT molecular complexity index is 791. The molecule has 0 spiro atoms. The van der Waals surface area contributed by atoms with Crippen LogP contribution >= 0.6 is 11.6 Å². The monoisotopic (exact) mass is 401 g/mol. The molecule has 1 saturated carbocycles. The van der Waals surface area contributed by atoms with Crippen LogP contribution in [0.15, 0.2) is 18.2 Å². The minimum Gasteiger partial charge on any atom is -0.458 e. The van der Waals surface area contributed by atoms with E-state index in [1.807, 2.05) is 32.0 Å². The molecule has 2 unspecified atom stereocenters. The predicted molar refractivity (Wildman–Crippen MR) is 108 cm³/mol. The van der Waals surface area contributed by atoms with Crippen LogP contribution in [-0.2, 0) is 26.2 Å². The highest BCUT2D eigenvalue weighted by molar-refractivity contribution is 6.31. The molecule has 1 aliphatic heterocycles. The molecule has 1 aliphatic carbocycles. The molecule has 0 bridgehead atoms. The van der Waals surface area contributed by atoms with Crippen LogP contribution in [0.5, 0.6) is 0 Å². The standard InChI is InChI=1S/C23H28ClNO3/c1-3-22(2,15-25)19-9-8-16(12-20(19)24)10-11-23(17-6-4-5-7-17)14-18(26)13-21(27)28-23/h8-9,12,17H,3-7,10-11,13-14H2,1-2H3. The smallest absolute Gasteiger partial charge is 0.313 e. The SMILES string of the molecule is CCC(C)(C#N)c1ccc(CCC2(C3CCCC3)CC(=O)CC(=O)O2)cc1Cl. The summed E-state index contributed by atoms with van der Waals surface area (Å²) < 4.78 is 5.86. The van der Waals surface area contributed by atoms with Crippen LogP contribution in [0.25, 0.3) is 0 Å². The fraction of sp³-hybridized carbons (Fsp3) is 0.609. The van der Waals surface area contributed by atoms with Crippen LogP contribution in [0.1, 0.15) is 76.3 Å². The second-order valence-electron chi connectivity index (χ2n) is 8.52. The third kappa shape index (κ3) is 4.10. The average Bonchev–Trinajstić information content (AvgIpc) is 3.21. The topological polar surface area (TPSA) is 67.2 Å². The Hall–Kier alpha value is -1.86. The van der Waals surface area contributed by atoms with Gasteiger partial charge in [-0.3, -0.25) is 9.59 Å². The maximum absolute atomic E-state index is 12.2. The number of cyclic esters (lactones) is 1. The number of Topliss-reactive ketones (excluding diaryl/α,β-unsaturated/α-hetero) is 1. The summed E-state index contributed by atoms with van der Waals surface area (Å²) >= 11 is 6.51. The van der Waals surface area contributed by atoms with Crippen LogP contribution in [-0.4, -0.2) is 17.4 Å². The molecule has 0 aromatic heterocycles. The van der Waals surface area contributed by atoms with E-state index in [1.165, 1.54) is 0 Å². The van der Waals surface area contributed by atoms with Crippen LogP contribution in [0.4, 0.5) is 0 Å². The lowest BCUT2D eigenvalue weighted by molar-refractivity contribution is -0.178. The van der Waals surface area contributed by atoms with Gasteiger partial charge in [0.15, 0.2) is 0 Å². The largest absolute Gasteiger partial charge is 0.458 e. The molecule has 0 radical (unpaired) electrons. The maximum Gasteiger partial charge on any atom is 0.313 e. The lowest BCUT2D eigenvalue weighted by atomic mass is 9.75. The molecule has 5 heteroatoms. The van der Waals surface area contributed by atoms with Crippen molar-refractivity contribution in [3.63, 3.8) is 0 Å². The number of nitriles is 1. The van der Waals surface area contributed by atoms with Crippen LogP contribution < -0.4 is 0 Å². The fourth-order valence-corrected chi connectivity index (χ4v) is 5.14. The molecule has 0 amide bonds. The molecule has 2 aliphatic rings. The summed E-state index contributed by atoms with van der Waals surface area (Å²) in [4.78, 5) is 24.2. The number of carbonyl (C=O) groups excluding carboxylic acids is 2. The number of nitrogens with zero attached hydrogens (tertiary/aromatic N) is 1. The summed E-state index contributed by atoms with van der Waals surface area (Å²) in [6, 6.07) is 8.21. The first-order chi connectivity index (χ1) is 13.3. The minimum atomic E-state index is -0.668. The number of hydrogen-bond acceptors (Lipinski definition) is 4. The van der Waals surface area contributed by atoms with E-state index >= 15 is 0 Å². The lowest BCUT2D eigenvalue weighted by Gasteiger charge is -2.41. The van der Waals surface area contributed by atoms with Gasteiger partial charge in [-0.15, -0.1) is 0 Å². The van der Waals surface area contributed by atoms with E-state index in [0.29, 0.717) is 30.7 Å². The van der Waals surface area contributed by atoms with Crippen molar-refractivity contribution < 1.29 is 14.3 Å². The van der Waals surface area contributed by atoms with Crippen molar-refractivity contribution in [1.82, 2.24) is 0 Å². The van der Waals surface area contributed by atoms with Crippen LogP contribution in [0.3, 0.4) is 0 Å². The fourth-order valence-electron chi connectivity index (χ4n) is 4.73. The Kier molecular flexibility index (Phi) is 6.15. The normalized spacial score (nSPS) is 25.2. The summed E-state index contributed by atoms with van der Waals surface area (Å²) in [5.74, 6) is -0.133. The van der Waals surface area contributed by atoms with E-state index in [-0.39, 0.29) is 24.1 Å². The second kappa shape index (κ2) is 8.25. The number of halogens is 1. The van der Waals surface area contributed by atoms with Crippen molar-refractivity contribution in [2.45, 2.75) is 82.7 Å². The zero-order valence-electron chi connectivity index (χ0n) is 16.7. The molecule has 3 rings (SSSR count). The highest BCUT2D eigenvalue weighted by Gasteiger charge is 2.47. The van der Waals surface area contributed by atoms with E-state index in [1.54, 1.807) is 0 Å². The number of aryl methyl sites for hydroxylation is 1. The number of ketones is 1. The minimum absolute atomic E-state index is 0.00994. The maximum atomic E-state index is 12.2. The van der Waals surface area contributed by atoms with Gasteiger partial charge in [0, 0.05) is 11.4 Å². The summed E-state index contributed by atoms with van der Waals surface area (Å²) in [6.07, 6.45) is 6.52. The van der Waals surface area contributed by atoms with Crippen molar-refractivity contribution in [2.24, 2.45) is 5.92 Å². The molecule has 1 saturated heterocycles. The van der Waals surface area contributed by atoms with Gasteiger partial charge in [-0.25, -0.2) is 0 Å². The molecular formula is C23H28ClNO3. The van der Waals surface area contributed by atoms with Gasteiger partial charge < -0.3 is 4.74 Å². The van der Waals surface area contributed by atoms with Gasteiger partial charge in [0.05, 0.1) is 11.5 Å². The number of ether oxygens (including phenoxy) is 1. The molecule has 150 valence electrons. The molecule has 2 fully saturated rings. The molecule has 28 heavy (non-hydrogen) atoms. The van der Waals surface area contributed by atoms with Crippen molar-refractivity contribution in [3.8, 4) is 6.07 Å². The molecule has 2 atom stereocenters. The number of rotatable bonds is 6. The van der Waals surface area contributed by atoms with Gasteiger partial charge in [0.1, 0.15) is 17.8 Å². The Balaban J connectivity index is 1.80. The molecule has 1 aromatic rings. The van der Waals surface area contributed by atoms with Crippen molar-refractivity contribution >= 4 is 23.4 Å². The van der Waals surface area contributed by atoms with E-state index in [2.05, 4.69) is 6.07 Å². The van der Waals surface area contributed by atoms with Gasteiger partial charge in [-0.05, 0) is 62.1 Å². The van der Waals surface area contributed by atoms with E-state index in [4.69, 9.17) is 16.3 Å². The third-order valence-corrected chi connectivity index (χ3v) is 6.99. The summed E-state index contributed by atoms with van der Waals surface area (Å²) in [6.45, 7) is 3.88. The van der Waals surface area contributed by atoms with Crippen LogP contribution in [0.2, 0.25) is 5.02 Å². The first-order valence-electron chi connectivity index (χ1n) is 10.3. The Morgan fingerprint density at radius 2 is 2.04 bits per heavy atom. The summed E-state index contributed by atoms with van der Waals surface area (Å²) in [7, 11) is 0. The quantitative estimate of drug-likeness (QED) is 0.479. The zero-order valence-corrected chi connectivity index (χ0v) is 17.5. The van der Waals surface area contributed by atoms with Gasteiger partial charge in [-0.1, -0.05) is 43.5 Å². The third-order valence-electron chi connectivity index (χ3n) is 6.67. The van der Waals surface area contributed by atoms with Crippen molar-refractivity contribution in [3.05, 3.63) is 34.3 Å². The Morgan fingerprint density at radius 3 is 2.61 bits per heavy atom. The number of carbonyl (C=O) groups is 2. The second-order valence-corrected chi connectivity index (χ2v) is 8.93. The van der Waals surface area contributed by atoms with E-state index in [0.717, 1.165) is 36.8 Å². The highest BCUT2D eigenvalue weighted by atomic mass is 35.5. The average molecular weight is 402 g/mol. The molecule has 0 N–H and O–H groups in total. The zero-order chi connectivity index (χ0) is 20.4. The molecular weight excluding hydrogens is 374 g/mol. The highest BCUT2D eigenvalue weighted by Crippen LogP contribution is 2.44. The van der Waals surface area contributed by atoms with Crippen molar-refractivity contribution in [1.29, 1.82) is 5.26 Å².